The summed E-state index contributed by atoms with van der Waals surface area (Å²) in [6, 6.07) is 0. The summed E-state index contributed by atoms with van der Waals surface area (Å²) in [5, 5.41) is -0.641. The molecule has 0 aliphatic carbocycles. The molecule has 1 heterocycles. The molecule has 0 aromatic rings. The van der Waals surface area contributed by atoms with Gasteiger partial charge in [0.15, 0.2) is 15.2 Å². The Morgan fingerprint density at radius 1 is 1.64 bits per heavy atom. The normalized spacial score (nSPS) is 22.7. The molecule has 1 aliphatic rings. The first-order valence-corrected chi connectivity index (χ1v) is 6.31. The summed E-state index contributed by atoms with van der Waals surface area (Å²) >= 11 is 0. The molecule has 1 unspecified atom stereocenters. The summed E-state index contributed by atoms with van der Waals surface area (Å²) in [6.07, 6.45) is 4.86. The molecule has 5 heteroatoms. The second-order valence-corrected chi connectivity index (χ2v) is 5.50. The molecule has 0 radical (unpaired) electrons. The Balaban J connectivity index is 2.92. The number of nitrogens with zero attached hydrogens (tertiary/aromatic N) is 1. The maximum absolute atomic E-state index is 11.6. The Labute approximate surface area is 84.6 Å². The highest BCUT2D eigenvalue weighted by Gasteiger charge is 2.23. The standard InChI is InChI=1S/C9H15NO3S/c1-3-14(11,12)9-7-5-4-6-8(10-9)13-2/h4,6,9H,3,5,7H2,1-2H3. The van der Waals surface area contributed by atoms with Crippen molar-refractivity contribution >= 4 is 15.7 Å². The van der Waals surface area contributed by atoms with Crippen LogP contribution in [0.5, 0.6) is 0 Å². The molecule has 0 aromatic heterocycles. The maximum atomic E-state index is 11.6. The molecule has 0 N–H and O–H groups in total. The Hall–Kier alpha value is -0.840. The van der Waals surface area contributed by atoms with Gasteiger partial charge in [-0.1, -0.05) is 13.0 Å². The SMILES string of the molecule is CCS(=O)(=O)C1CCC=CC(OC)=N1. The van der Waals surface area contributed by atoms with E-state index < -0.39 is 15.2 Å². The van der Waals surface area contributed by atoms with Crippen LogP contribution in [0.4, 0.5) is 0 Å². The fourth-order valence-electron chi connectivity index (χ4n) is 1.25. The van der Waals surface area contributed by atoms with Gasteiger partial charge in [-0.15, -0.1) is 0 Å². The molecule has 0 saturated heterocycles. The van der Waals surface area contributed by atoms with Crippen molar-refractivity contribution in [1.29, 1.82) is 0 Å². The van der Waals surface area contributed by atoms with Crippen molar-refractivity contribution in [2.45, 2.75) is 25.1 Å². The second kappa shape index (κ2) is 4.59. The molecule has 1 aliphatic heterocycles. The van der Waals surface area contributed by atoms with E-state index in [1.807, 2.05) is 6.08 Å². The highest BCUT2D eigenvalue weighted by atomic mass is 32.2. The van der Waals surface area contributed by atoms with Gasteiger partial charge < -0.3 is 4.74 Å². The summed E-state index contributed by atoms with van der Waals surface area (Å²) in [5.74, 6) is 0.516. The molecule has 0 fully saturated rings. The van der Waals surface area contributed by atoms with Crippen molar-refractivity contribution in [2.75, 3.05) is 12.9 Å². The molecular formula is C9H15NO3S. The van der Waals surface area contributed by atoms with E-state index in [1.165, 1.54) is 7.11 Å². The first kappa shape index (κ1) is 11.2. The molecule has 0 bridgehead atoms. The van der Waals surface area contributed by atoms with E-state index in [0.717, 1.165) is 6.42 Å². The van der Waals surface area contributed by atoms with Crippen LogP contribution >= 0.6 is 0 Å². The second-order valence-electron chi connectivity index (χ2n) is 3.06. The Morgan fingerprint density at radius 3 is 2.93 bits per heavy atom. The van der Waals surface area contributed by atoms with Crippen LogP contribution in [-0.2, 0) is 14.6 Å². The van der Waals surface area contributed by atoms with Crippen LogP contribution in [0.3, 0.4) is 0 Å². The van der Waals surface area contributed by atoms with Gasteiger partial charge in [0.05, 0.1) is 7.11 Å². The van der Waals surface area contributed by atoms with E-state index in [2.05, 4.69) is 4.99 Å². The Bertz CT molecular complexity index is 343. The average Bonchev–Trinajstić information content (AvgIpc) is 2.43. The van der Waals surface area contributed by atoms with Gasteiger partial charge >= 0.3 is 0 Å². The zero-order valence-electron chi connectivity index (χ0n) is 8.43. The smallest absolute Gasteiger partial charge is 0.209 e. The first-order chi connectivity index (χ1) is 6.60. The average molecular weight is 217 g/mol. The molecule has 4 nitrogen and oxygen atoms in total. The zero-order chi connectivity index (χ0) is 10.6. The summed E-state index contributed by atoms with van der Waals surface area (Å²) in [4.78, 5) is 4.06. The van der Waals surface area contributed by atoms with Crippen LogP contribution in [0, 0.1) is 0 Å². The van der Waals surface area contributed by atoms with E-state index in [1.54, 1.807) is 13.0 Å². The molecular weight excluding hydrogens is 202 g/mol. The summed E-state index contributed by atoms with van der Waals surface area (Å²) in [6.45, 7) is 1.63. The lowest BCUT2D eigenvalue weighted by atomic mass is 10.3. The summed E-state index contributed by atoms with van der Waals surface area (Å²) in [5.41, 5.74) is 0. The number of aliphatic imine (C=N–C) groups is 1. The predicted octanol–water partition coefficient (Wildman–Crippen LogP) is 1.14. The summed E-state index contributed by atoms with van der Waals surface area (Å²) < 4.78 is 28.1. The highest BCUT2D eigenvalue weighted by molar-refractivity contribution is 7.91. The minimum atomic E-state index is -3.10. The first-order valence-electron chi connectivity index (χ1n) is 4.60. The van der Waals surface area contributed by atoms with E-state index in [9.17, 15) is 8.42 Å². The molecule has 80 valence electrons. The van der Waals surface area contributed by atoms with Crippen LogP contribution in [0.2, 0.25) is 0 Å². The molecule has 0 amide bonds. The number of ether oxygens (including phenoxy) is 1. The Morgan fingerprint density at radius 2 is 2.36 bits per heavy atom. The van der Waals surface area contributed by atoms with Gasteiger partial charge in [-0.2, -0.15) is 0 Å². The van der Waals surface area contributed by atoms with E-state index in [4.69, 9.17) is 4.74 Å². The third kappa shape index (κ3) is 2.57. The van der Waals surface area contributed by atoms with Crippen molar-refractivity contribution < 1.29 is 13.2 Å². The fraction of sp³-hybridized carbons (Fsp3) is 0.667. The van der Waals surface area contributed by atoms with Crippen molar-refractivity contribution in [2.24, 2.45) is 4.99 Å². The quantitative estimate of drug-likeness (QED) is 0.697. The van der Waals surface area contributed by atoms with Crippen LogP contribution in [0.25, 0.3) is 0 Å². The maximum Gasteiger partial charge on any atom is 0.209 e. The number of hydrogen-bond donors (Lipinski definition) is 0. The lowest BCUT2D eigenvalue weighted by molar-refractivity contribution is 0.403. The minimum Gasteiger partial charge on any atom is -0.481 e. The van der Waals surface area contributed by atoms with Gasteiger partial charge in [0.1, 0.15) is 0 Å². The predicted molar refractivity (Wildman–Crippen MR) is 56.1 cm³/mol. The highest BCUT2D eigenvalue weighted by Crippen LogP contribution is 2.15. The zero-order valence-corrected chi connectivity index (χ0v) is 9.25. The molecule has 1 rings (SSSR count). The van der Waals surface area contributed by atoms with Gasteiger partial charge in [0.25, 0.3) is 0 Å². The number of rotatable bonds is 2. The van der Waals surface area contributed by atoms with Gasteiger partial charge in [-0.25, -0.2) is 13.4 Å². The van der Waals surface area contributed by atoms with Gasteiger partial charge in [-0.3, -0.25) is 0 Å². The number of hydrogen-bond acceptors (Lipinski definition) is 4. The summed E-state index contributed by atoms with van der Waals surface area (Å²) in [7, 11) is -1.60. The topological polar surface area (TPSA) is 55.7 Å². The van der Waals surface area contributed by atoms with Crippen molar-refractivity contribution in [3.05, 3.63) is 12.2 Å². The molecule has 0 saturated carbocycles. The lowest BCUT2D eigenvalue weighted by Gasteiger charge is -2.10. The number of allylic oxidation sites excluding steroid dienone is 1. The molecule has 0 aromatic carbocycles. The number of methoxy groups -OCH3 is 1. The van der Waals surface area contributed by atoms with E-state index in [-0.39, 0.29) is 5.75 Å². The third-order valence-electron chi connectivity index (χ3n) is 2.14. The molecule has 14 heavy (non-hydrogen) atoms. The van der Waals surface area contributed by atoms with Crippen LogP contribution < -0.4 is 0 Å². The van der Waals surface area contributed by atoms with Crippen LogP contribution in [-0.4, -0.2) is 32.6 Å². The largest absolute Gasteiger partial charge is 0.481 e. The molecule has 0 spiro atoms. The third-order valence-corrected chi connectivity index (χ3v) is 4.11. The number of sulfone groups is 1. The minimum absolute atomic E-state index is 0.123. The van der Waals surface area contributed by atoms with E-state index >= 15 is 0 Å². The van der Waals surface area contributed by atoms with Gasteiger partial charge in [0, 0.05) is 5.75 Å². The van der Waals surface area contributed by atoms with Crippen molar-refractivity contribution in [3.63, 3.8) is 0 Å². The Kier molecular flexibility index (Phi) is 3.69. The fourth-order valence-corrected chi connectivity index (χ4v) is 2.39. The van der Waals surface area contributed by atoms with Gasteiger partial charge in [0.2, 0.25) is 5.90 Å². The van der Waals surface area contributed by atoms with Crippen molar-refractivity contribution in [1.82, 2.24) is 0 Å². The van der Waals surface area contributed by atoms with Crippen molar-refractivity contribution in [3.8, 4) is 0 Å². The van der Waals surface area contributed by atoms with Gasteiger partial charge in [-0.05, 0) is 18.9 Å². The monoisotopic (exact) mass is 217 g/mol. The van der Waals surface area contributed by atoms with E-state index in [0.29, 0.717) is 12.3 Å². The van der Waals surface area contributed by atoms with Crippen LogP contribution in [0.1, 0.15) is 19.8 Å². The molecule has 1 atom stereocenters. The van der Waals surface area contributed by atoms with Crippen LogP contribution in [0.15, 0.2) is 17.1 Å². The lowest BCUT2D eigenvalue weighted by Crippen LogP contribution is -2.22.